The van der Waals surface area contributed by atoms with E-state index < -0.39 is 55.0 Å². The molecule has 1 spiro atoms. The maximum atomic E-state index is 15.4. The minimum absolute atomic E-state index is 0.0148. The molecule has 1 amide bonds. The molecule has 23 heteroatoms. The highest BCUT2D eigenvalue weighted by Crippen LogP contribution is 2.54. The third-order valence-electron chi connectivity index (χ3n) is 19.5. The van der Waals surface area contributed by atoms with Gasteiger partial charge >= 0.3 is 0 Å². The molecule has 6 aromatic rings. The molecule has 2 aliphatic carbocycles. The number of fused-ring (bicyclic) bond motifs is 3. The number of amides is 1. The number of halogens is 1. The fourth-order valence-corrected chi connectivity index (χ4v) is 15.5. The average molecular weight is 1200 g/mol. The van der Waals surface area contributed by atoms with Gasteiger partial charge in [0.1, 0.15) is 28.9 Å². The van der Waals surface area contributed by atoms with Gasteiger partial charge in [-0.1, -0.05) is 24.3 Å². The Labute approximate surface area is 500 Å². The second-order valence-electron chi connectivity index (χ2n) is 25.1. The van der Waals surface area contributed by atoms with Crippen LogP contribution < -0.4 is 34.2 Å². The summed E-state index contributed by atoms with van der Waals surface area (Å²) < 4.78 is 70.1. The van der Waals surface area contributed by atoms with Gasteiger partial charge in [-0.25, -0.2) is 22.5 Å². The van der Waals surface area contributed by atoms with Crippen molar-refractivity contribution in [1.82, 2.24) is 29.5 Å². The first kappa shape index (κ1) is 57.9. The van der Waals surface area contributed by atoms with E-state index in [0.29, 0.717) is 63.0 Å². The highest BCUT2D eigenvalue weighted by molar-refractivity contribution is 7.90. The minimum Gasteiger partial charge on any atom is -0.493 e. The summed E-state index contributed by atoms with van der Waals surface area (Å²) in [5.41, 5.74) is 4.79. The molecule has 3 atom stereocenters. The third-order valence-corrected chi connectivity index (χ3v) is 20.8. The van der Waals surface area contributed by atoms with Crippen LogP contribution in [0.25, 0.3) is 11.0 Å². The van der Waals surface area contributed by atoms with Crippen molar-refractivity contribution < 1.29 is 46.6 Å². The van der Waals surface area contributed by atoms with Crippen molar-refractivity contribution >= 4 is 61.2 Å². The molecule has 86 heavy (non-hydrogen) atoms. The van der Waals surface area contributed by atoms with Crippen molar-refractivity contribution in [2.75, 3.05) is 106 Å². The summed E-state index contributed by atoms with van der Waals surface area (Å²) in [4.78, 5) is 50.5. The van der Waals surface area contributed by atoms with Crippen molar-refractivity contribution in [2.24, 2.45) is 11.3 Å². The smallest absolute Gasteiger partial charge is 0.293 e. The van der Waals surface area contributed by atoms with Crippen molar-refractivity contribution in [3.05, 3.63) is 123 Å². The lowest BCUT2D eigenvalue weighted by molar-refractivity contribution is -0.384. The van der Waals surface area contributed by atoms with Gasteiger partial charge in [-0.2, -0.15) is 4.98 Å². The number of rotatable bonds is 15. The van der Waals surface area contributed by atoms with Gasteiger partial charge in [0.15, 0.2) is 11.6 Å². The average Bonchev–Trinajstić information content (AvgIpc) is 4.13. The Morgan fingerprint density at radius 3 is 2.49 bits per heavy atom. The summed E-state index contributed by atoms with van der Waals surface area (Å²) in [6.45, 7) is 13.0. The summed E-state index contributed by atoms with van der Waals surface area (Å²) in [7, 11) is -2.99. The molecule has 0 unspecified atom stereocenters. The fraction of sp³-hybridized carbons (Fsp3) is 0.508. The Kier molecular flexibility index (Phi) is 15.8. The molecule has 4 saturated heterocycles. The molecule has 0 radical (unpaired) electrons. The van der Waals surface area contributed by atoms with E-state index >= 15 is 4.39 Å². The van der Waals surface area contributed by atoms with Gasteiger partial charge in [-0.05, 0) is 142 Å². The number of hydrogen-bond acceptors (Lipinski definition) is 18. The Bertz CT molecular complexity index is 3630. The normalized spacial score (nSPS) is 24.6. The number of sulfonamides is 1. The SMILES string of the molecule is COc1cc(CN2CCN(C3CC4(CCN(c5ccc(C(=O)NS(=O)(=O)c6ccc(NCC7CCC(C)(O)CC7)c([N+](=O)[O-])c6)c(N6c7cc8c(F)c[nH]c8nc7O[C@H]7COCC[C@@H]76)c5)CC4)C3)[C@H](c3ccccc3C)C2)cnc1N1CCOCC1. The lowest BCUT2D eigenvalue weighted by Gasteiger charge is -2.58. The van der Waals surface area contributed by atoms with E-state index in [1.165, 1.54) is 29.5 Å². The van der Waals surface area contributed by atoms with Crippen LogP contribution in [0.1, 0.15) is 97.8 Å². The van der Waals surface area contributed by atoms with Crippen LogP contribution in [-0.4, -0.2) is 159 Å². The number of aliphatic hydroxyl groups is 1. The van der Waals surface area contributed by atoms with Gasteiger partial charge in [0.2, 0.25) is 5.88 Å². The van der Waals surface area contributed by atoms with Gasteiger partial charge in [0, 0.05) is 102 Å². The third kappa shape index (κ3) is 11.5. The largest absolute Gasteiger partial charge is 0.493 e. The van der Waals surface area contributed by atoms with Crippen molar-refractivity contribution in [1.29, 1.82) is 0 Å². The Balaban J connectivity index is 0.742. The molecule has 8 heterocycles. The van der Waals surface area contributed by atoms with Crippen LogP contribution in [0.4, 0.5) is 38.6 Å². The molecule has 6 fully saturated rings. The number of aromatic nitrogens is 3. The summed E-state index contributed by atoms with van der Waals surface area (Å²) in [6, 6.07) is 21.7. The number of carbonyl (C=O) groups excluding carboxylic acids is 1. The molecule has 456 valence electrons. The van der Waals surface area contributed by atoms with E-state index in [9.17, 15) is 28.4 Å². The molecule has 4 N–H and O–H groups in total. The van der Waals surface area contributed by atoms with Gasteiger partial charge in [0.25, 0.3) is 21.6 Å². The number of nitro groups is 1. The number of anilines is 5. The van der Waals surface area contributed by atoms with E-state index in [4.69, 9.17) is 28.9 Å². The Morgan fingerprint density at radius 1 is 0.930 bits per heavy atom. The quantitative estimate of drug-likeness (QED) is 0.0556. The molecule has 3 aromatic carbocycles. The zero-order valence-electron chi connectivity index (χ0n) is 49.0. The maximum absolute atomic E-state index is 15.4. The first-order chi connectivity index (χ1) is 41.5. The van der Waals surface area contributed by atoms with Crippen LogP contribution in [0.3, 0.4) is 0 Å². The van der Waals surface area contributed by atoms with Gasteiger partial charge < -0.3 is 49.1 Å². The number of nitrogens with zero attached hydrogens (tertiary/aromatic N) is 8. The number of pyridine rings is 2. The van der Waals surface area contributed by atoms with E-state index in [1.807, 2.05) is 30.2 Å². The molecule has 13 rings (SSSR count). The van der Waals surface area contributed by atoms with Crippen LogP contribution in [0, 0.1) is 34.2 Å². The van der Waals surface area contributed by atoms with Crippen LogP contribution in [0.5, 0.6) is 11.6 Å². The van der Waals surface area contributed by atoms with Gasteiger partial charge in [-0.15, -0.1) is 0 Å². The van der Waals surface area contributed by atoms with Gasteiger partial charge in [-0.3, -0.25) is 24.7 Å². The van der Waals surface area contributed by atoms with Crippen molar-refractivity contribution in [3.8, 4) is 11.6 Å². The summed E-state index contributed by atoms with van der Waals surface area (Å²) >= 11 is 0. The Morgan fingerprint density at radius 2 is 1.72 bits per heavy atom. The summed E-state index contributed by atoms with van der Waals surface area (Å²) in [5.74, 6) is 0.542. The number of nitro benzene ring substituents is 1. The number of morpholine rings is 1. The molecular weight excluding hydrogens is 1120 g/mol. The van der Waals surface area contributed by atoms with E-state index in [0.717, 1.165) is 120 Å². The number of nitrogens with one attached hydrogen (secondary N) is 3. The van der Waals surface area contributed by atoms with Crippen molar-refractivity contribution in [2.45, 2.75) is 113 Å². The number of ether oxygens (including phenoxy) is 4. The van der Waals surface area contributed by atoms with Gasteiger partial charge in [0.05, 0.1) is 65.0 Å². The zero-order chi connectivity index (χ0) is 59.5. The van der Waals surface area contributed by atoms with E-state index in [1.54, 1.807) is 19.2 Å². The molecule has 7 aliphatic rings. The minimum atomic E-state index is -4.70. The monoisotopic (exact) mass is 1200 g/mol. The maximum Gasteiger partial charge on any atom is 0.293 e. The van der Waals surface area contributed by atoms with E-state index in [-0.39, 0.29) is 52.1 Å². The lowest BCUT2D eigenvalue weighted by Crippen LogP contribution is -2.59. The predicted molar refractivity (Wildman–Crippen MR) is 324 cm³/mol. The topological polar surface area (TPSA) is 233 Å². The molecular formula is C63H76FN11O10S. The number of benzene rings is 3. The molecule has 2 saturated carbocycles. The number of carbonyl (C=O) groups is 1. The number of aryl methyl sites for hydroxylation is 1. The summed E-state index contributed by atoms with van der Waals surface area (Å²) in [6.07, 6.45) is 9.96. The second-order valence-corrected chi connectivity index (χ2v) is 26.7. The number of aromatic amines is 1. The number of piperidine rings is 1. The molecule has 21 nitrogen and oxygen atoms in total. The first-order valence-corrected chi connectivity index (χ1v) is 31.8. The van der Waals surface area contributed by atoms with Crippen LogP contribution in [-0.2, 0) is 26.0 Å². The number of H-pyrrole nitrogens is 1. The lowest BCUT2D eigenvalue weighted by atomic mass is 9.59. The standard InChI is InChI=1S/C63H76FN11O10S/c1-40-6-4-5-7-46(40)55-38-70(37-42-28-56(82-3)59(67-35-42)72-23-26-83-27-24-72)21-22-73(55)44-32-63(33-44)17-19-71(20-18-63)43-8-10-47(52(29-43)74-51-14-25-84-39-57(51)85-61-54(74)31-48-49(64)36-66-58(48)68-61)60(76)69-86(80,81)45-9-11-50(53(30-45)75(78)79)65-34-41-12-15-62(2,77)16-13-41/h4-11,28-31,35-36,41,44,51,55,57,65,77H,12-27,32-34,37-39H2,1-3H3,(H,66,68)(H,69,76)/t41?,51-,55-,57-,62?/m0/s1. The van der Waals surface area contributed by atoms with Crippen LogP contribution >= 0.6 is 0 Å². The second kappa shape index (κ2) is 23.5. The summed E-state index contributed by atoms with van der Waals surface area (Å²) in [5, 5.41) is 26.2. The highest BCUT2D eigenvalue weighted by atomic mass is 32.2. The van der Waals surface area contributed by atoms with Crippen LogP contribution in [0.15, 0.2) is 90.1 Å². The molecule has 3 aromatic heterocycles. The predicted octanol–water partition coefficient (Wildman–Crippen LogP) is 8.63. The number of piperazine rings is 1. The zero-order valence-corrected chi connectivity index (χ0v) is 49.8. The van der Waals surface area contributed by atoms with Crippen molar-refractivity contribution in [3.63, 3.8) is 0 Å². The number of methoxy groups -OCH3 is 1. The molecule has 5 aliphatic heterocycles. The Hall–Kier alpha value is -7.15. The number of hydrogen-bond donors (Lipinski definition) is 4. The van der Waals surface area contributed by atoms with Crippen LogP contribution in [0.2, 0.25) is 0 Å². The van der Waals surface area contributed by atoms with E-state index in [2.05, 4.69) is 71.9 Å². The fourth-order valence-electron chi connectivity index (χ4n) is 14.5. The highest BCUT2D eigenvalue weighted by Gasteiger charge is 2.50. The molecule has 0 bridgehead atoms. The first-order valence-electron chi connectivity index (χ1n) is 30.3.